The molecule has 3 nitrogen and oxygen atoms in total. The van der Waals surface area contributed by atoms with E-state index in [2.05, 4.69) is 4.90 Å². The van der Waals surface area contributed by atoms with Crippen LogP contribution >= 0.6 is 0 Å². The second kappa shape index (κ2) is 3.53. The van der Waals surface area contributed by atoms with Crippen molar-refractivity contribution in [2.24, 2.45) is 5.41 Å². The molecule has 100 valence electrons. The number of aryl methyl sites for hydroxylation is 2. The molecule has 1 N–H and O–H groups in total. The first-order valence-electron chi connectivity index (χ1n) is 7.21. The zero-order valence-electron chi connectivity index (χ0n) is 11.3. The highest BCUT2D eigenvalue weighted by molar-refractivity contribution is 5.97. The van der Waals surface area contributed by atoms with Crippen LogP contribution in [0.5, 0.6) is 5.75 Å². The molecule has 2 aliphatic heterocycles. The average molecular weight is 257 g/mol. The fraction of sp³-hybridized carbons (Fsp3) is 0.562. The first kappa shape index (κ1) is 11.3. The summed E-state index contributed by atoms with van der Waals surface area (Å²) in [4.78, 5) is 14.8. The van der Waals surface area contributed by atoms with Crippen molar-refractivity contribution < 1.29 is 9.90 Å². The van der Waals surface area contributed by atoms with E-state index in [4.69, 9.17) is 0 Å². The van der Waals surface area contributed by atoms with E-state index in [1.54, 1.807) is 6.07 Å². The zero-order chi connectivity index (χ0) is 13.2. The first-order chi connectivity index (χ1) is 9.08. The van der Waals surface area contributed by atoms with Gasteiger partial charge in [0, 0.05) is 18.2 Å². The molecule has 1 atom stereocenters. The predicted octanol–water partition coefficient (Wildman–Crippen LogP) is 2.64. The highest BCUT2D eigenvalue weighted by atomic mass is 16.3. The van der Waals surface area contributed by atoms with Crippen LogP contribution in [0, 0.1) is 12.3 Å². The largest absolute Gasteiger partial charge is 0.508 e. The monoisotopic (exact) mass is 257 g/mol. The number of benzene rings is 1. The Morgan fingerprint density at radius 1 is 1.37 bits per heavy atom. The molecule has 3 aliphatic rings. The van der Waals surface area contributed by atoms with Gasteiger partial charge in [-0.25, -0.2) is 0 Å². The van der Waals surface area contributed by atoms with E-state index >= 15 is 0 Å². The van der Waals surface area contributed by atoms with Gasteiger partial charge in [-0.2, -0.15) is 0 Å². The molecule has 1 aromatic rings. The molecular weight excluding hydrogens is 238 g/mol. The van der Waals surface area contributed by atoms with Gasteiger partial charge in [0.25, 0.3) is 5.91 Å². The van der Waals surface area contributed by atoms with E-state index in [0.717, 1.165) is 36.1 Å². The molecule has 3 heteroatoms. The molecule has 2 fully saturated rings. The highest BCUT2D eigenvalue weighted by Gasteiger charge is 2.53. The van der Waals surface area contributed by atoms with Crippen LogP contribution in [0.2, 0.25) is 0 Å². The summed E-state index contributed by atoms with van der Waals surface area (Å²) in [7, 11) is 0. The van der Waals surface area contributed by atoms with Gasteiger partial charge in [0.15, 0.2) is 0 Å². The van der Waals surface area contributed by atoms with Crippen molar-refractivity contribution >= 4 is 5.91 Å². The normalized spacial score (nSPS) is 27.1. The lowest BCUT2D eigenvalue weighted by atomic mass is 9.96. The Labute approximate surface area is 113 Å². The maximum absolute atomic E-state index is 12.7. The molecule has 0 unspecified atom stereocenters. The standard InChI is InChI=1S/C16H19NO2/c1-10-6-13-11(7-14(10)18)2-3-12-8-16(4-5-16)9-17(12)15(13)19/h6-7,12,18H,2-5,8-9H2,1H3/t12-/m1/s1. The maximum atomic E-state index is 12.7. The van der Waals surface area contributed by atoms with Crippen molar-refractivity contribution in [1.29, 1.82) is 0 Å². The zero-order valence-corrected chi connectivity index (χ0v) is 11.3. The van der Waals surface area contributed by atoms with E-state index in [9.17, 15) is 9.90 Å². The third-order valence-electron chi connectivity index (χ3n) is 5.23. The van der Waals surface area contributed by atoms with Gasteiger partial charge >= 0.3 is 0 Å². The SMILES string of the molecule is Cc1cc2c(cc1O)CC[C@@H]1CC3(CC3)CN1C2=O. The van der Waals surface area contributed by atoms with Gasteiger partial charge in [0.05, 0.1) is 0 Å². The summed E-state index contributed by atoms with van der Waals surface area (Å²) < 4.78 is 0. The number of phenolic OH excluding ortho intramolecular Hbond substituents is 1. The van der Waals surface area contributed by atoms with Gasteiger partial charge in [-0.1, -0.05) is 0 Å². The lowest BCUT2D eigenvalue weighted by molar-refractivity contribution is 0.0734. The number of aromatic hydroxyl groups is 1. The molecule has 4 rings (SSSR count). The molecule has 1 saturated carbocycles. The number of carbonyl (C=O) groups is 1. The Morgan fingerprint density at radius 2 is 2.16 bits per heavy atom. The molecule has 0 radical (unpaired) electrons. The number of carbonyl (C=O) groups excluding carboxylic acids is 1. The van der Waals surface area contributed by atoms with Gasteiger partial charge in [-0.15, -0.1) is 0 Å². The van der Waals surface area contributed by atoms with Crippen LogP contribution in [0.25, 0.3) is 0 Å². The fourth-order valence-electron chi connectivity index (χ4n) is 3.82. The number of nitrogens with zero attached hydrogens (tertiary/aromatic N) is 1. The first-order valence-corrected chi connectivity index (χ1v) is 7.21. The minimum absolute atomic E-state index is 0.185. The summed E-state index contributed by atoms with van der Waals surface area (Å²) in [5, 5.41) is 9.82. The summed E-state index contributed by atoms with van der Waals surface area (Å²) in [5.74, 6) is 0.497. The van der Waals surface area contributed by atoms with Crippen LogP contribution in [0.15, 0.2) is 12.1 Å². The second-order valence-corrected chi connectivity index (χ2v) is 6.63. The number of amides is 1. The summed E-state index contributed by atoms with van der Waals surface area (Å²) in [6.45, 7) is 2.81. The smallest absolute Gasteiger partial charge is 0.254 e. The predicted molar refractivity (Wildman–Crippen MR) is 72.3 cm³/mol. The molecule has 1 aliphatic carbocycles. The third-order valence-corrected chi connectivity index (χ3v) is 5.23. The van der Waals surface area contributed by atoms with Gasteiger partial charge in [0.1, 0.15) is 5.75 Å². The van der Waals surface area contributed by atoms with Crippen molar-refractivity contribution in [3.05, 3.63) is 28.8 Å². The van der Waals surface area contributed by atoms with Crippen LogP contribution in [0.4, 0.5) is 0 Å². The molecular formula is C16H19NO2. The van der Waals surface area contributed by atoms with Crippen molar-refractivity contribution in [2.45, 2.75) is 45.1 Å². The molecule has 1 spiro atoms. The number of phenols is 1. The van der Waals surface area contributed by atoms with Crippen molar-refractivity contribution in [3.63, 3.8) is 0 Å². The van der Waals surface area contributed by atoms with E-state index in [-0.39, 0.29) is 5.91 Å². The molecule has 0 bridgehead atoms. The number of fused-ring (bicyclic) bond motifs is 2. The summed E-state index contributed by atoms with van der Waals surface area (Å²) in [5.41, 5.74) is 3.11. The number of hydrogen-bond acceptors (Lipinski definition) is 2. The summed E-state index contributed by atoms with van der Waals surface area (Å²) >= 11 is 0. The van der Waals surface area contributed by atoms with Crippen LogP contribution < -0.4 is 0 Å². The van der Waals surface area contributed by atoms with E-state index in [0.29, 0.717) is 17.2 Å². The van der Waals surface area contributed by atoms with Crippen molar-refractivity contribution in [1.82, 2.24) is 4.90 Å². The van der Waals surface area contributed by atoms with Crippen molar-refractivity contribution in [3.8, 4) is 5.75 Å². The Kier molecular flexibility index (Phi) is 2.10. The number of rotatable bonds is 0. The van der Waals surface area contributed by atoms with Crippen LogP contribution in [0.1, 0.15) is 47.2 Å². The topological polar surface area (TPSA) is 40.5 Å². The Bertz CT molecular complexity index is 574. The lowest BCUT2D eigenvalue weighted by Crippen LogP contribution is -2.34. The third kappa shape index (κ3) is 1.60. The van der Waals surface area contributed by atoms with E-state index in [1.807, 2.05) is 13.0 Å². The van der Waals surface area contributed by atoms with E-state index < -0.39 is 0 Å². The summed E-state index contributed by atoms with van der Waals surface area (Å²) in [6, 6.07) is 4.08. The lowest BCUT2D eigenvalue weighted by Gasteiger charge is -2.22. The molecule has 2 heterocycles. The highest BCUT2D eigenvalue weighted by Crippen LogP contribution is 2.56. The minimum Gasteiger partial charge on any atom is -0.508 e. The molecule has 1 saturated heterocycles. The van der Waals surface area contributed by atoms with Gasteiger partial charge in [-0.05, 0) is 67.7 Å². The van der Waals surface area contributed by atoms with Crippen LogP contribution in [-0.2, 0) is 6.42 Å². The maximum Gasteiger partial charge on any atom is 0.254 e. The quantitative estimate of drug-likeness (QED) is 0.776. The van der Waals surface area contributed by atoms with Crippen LogP contribution in [0.3, 0.4) is 0 Å². The Morgan fingerprint density at radius 3 is 2.89 bits per heavy atom. The van der Waals surface area contributed by atoms with E-state index in [1.165, 1.54) is 19.3 Å². The minimum atomic E-state index is 0.185. The molecule has 1 amide bonds. The van der Waals surface area contributed by atoms with Gasteiger partial charge in [0.2, 0.25) is 0 Å². The summed E-state index contributed by atoms with van der Waals surface area (Å²) in [6.07, 6.45) is 5.75. The number of hydrogen-bond donors (Lipinski definition) is 1. The second-order valence-electron chi connectivity index (χ2n) is 6.63. The molecule has 1 aromatic carbocycles. The Hall–Kier alpha value is -1.51. The average Bonchev–Trinajstić information content (AvgIpc) is 3.04. The fourth-order valence-corrected chi connectivity index (χ4v) is 3.82. The Balaban J connectivity index is 1.76. The van der Waals surface area contributed by atoms with Crippen molar-refractivity contribution in [2.75, 3.05) is 6.54 Å². The molecule has 0 aromatic heterocycles. The van der Waals surface area contributed by atoms with Crippen LogP contribution in [-0.4, -0.2) is 28.5 Å². The van der Waals surface area contributed by atoms with Gasteiger partial charge in [-0.3, -0.25) is 4.79 Å². The molecule has 19 heavy (non-hydrogen) atoms. The van der Waals surface area contributed by atoms with Gasteiger partial charge < -0.3 is 10.0 Å².